The molecule has 8 heteroatoms. The van der Waals surface area contributed by atoms with E-state index in [1.165, 1.54) is 0 Å². The zero-order valence-electron chi connectivity index (χ0n) is 16.3. The molecule has 1 heterocycles. The largest absolute Gasteiger partial charge is 0.493 e. The summed E-state index contributed by atoms with van der Waals surface area (Å²) in [5, 5.41) is 3.22. The van der Waals surface area contributed by atoms with Crippen LogP contribution in [0.15, 0.2) is 29.3 Å². The maximum atomic E-state index is 11.7. The third-order valence-corrected chi connectivity index (χ3v) is 4.29. The fourth-order valence-electron chi connectivity index (χ4n) is 2.87. The van der Waals surface area contributed by atoms with Gasteiger partial charge >= 0.3 is 6.09 Å². The van der Waals surface area contributed by atoms with Crippen molar-refractivity contribution in [3.05, 3.63) is 24.3 Å². The lowest BCUT2D eigenvalue weighted by molar-refractivity contribution is 0.0963. The van der Waals surface area contributed by atoms with E-state index in [-0.39, 0.29) is 18.2 Å². The van der Waals surface area contributed by atoms with Crippen molar-refractivity contribution >= 4 is 12.1 Å². The molecule has 2 rings (SSSR count). The Balaban J connectivity index is 1.75. The van der Waals surface area contributed by atoms with Gasteiger partial charge in [0.25, 0.3) is 0 Å². The number of guanidine groups is 1. The van der Waals surface area contributed by atoms with Crippen molar-refractivity contribution in [3.8, 4) is 11.5 Å². The number of hydrogen-bond acceptors (Lipinski definition) is 5. The number of ether oxygens (including phenoxy) is 3. The Hall–Kier alpha value is -2.64. The molecule has 8 nitrogen and oxygen atoms in total. The smallest absolute Gasteiger partial charge is 0.409 e. The van der Waals surface area contributed by atoms with Crippen molar-refractivity contribution in [3.63, 3.8) is 0 Å². The standard InChI is InChI=1S/C19H30N4O4/c1-4-26-19(24)23-11-9-15(10-12-23)22-18(20)21-13-14(2)27-17-8-6-5-7-16(17)25-3/h5-8,14-15H,4,9-13H2,1-3H3,(H3,20,21,22). The molecule has 0 radical (unpaired) electrons. The minimum absolute atomic E-state index is 0.146. The Kier molecular flexibility index (Phi) is 8.03. The van der Waals surface area contributed by atoms with Crippen molar-refractivity contribution < 1.29 is 19.0 Å². The van der Waals surface area contributed by atoms with Gasteiger partial charge in [-0.15, -0.1) is 0 Å². The van der Waals surface area contributed by atoms with E-state index in [0.29, 0.717) is 43.7 Å². The van der Waals surface area contributed by atoms with Gasteiger partial charge in [-0.2, -0.15) is 0 Å². The highest BCUT2D eigenvalue weighted by atomic mass is 16.6. The lowest BCUT2D eigenvalue weighted by Crippen LogP contribution is -2.48. The average Bonchev–Trinajstić information content (AvgIpc) is 2.67. The molecule has 0 aromatic heterocycles. The summed E-state index contributed by atoms with van der Waals surface area (Å²) in [4.78, 5) is 17.8. The maximum absolute atomic E-state index is 11.7. The van der Waals surface area contributed by atoms with Crippen LogP contribution in [0.2, 0.25) is 0 Å². The van der Waals surface area contributed by atoms with Crippen LogP contribution in [0, 0.1) is 0 Å². The van der Waals surface area contributed by atoms with Crippen molar-refractivity contribution in [2.24, 2.45) is 10.7 Å². The number of methoxy groups -OCH3 is 1. The molecule has 0 saturated carbocycles. The first-order valence-electron chi connectivity index (χ1n) is 9.31. The monoisotopic (exact) mass is 378 g/mol. The number of para-hydroxylation sites is 2. The molecule has 1 aromatic carbocycles. The predicted molar refractivity (Wildman–Crippen MR) is 104 cm³/mol. The summed E-state index contributed by atoms with van der Waals surface area (Å²) in [6.45, 7) is 5.86. The van der Waals surface area contributed by atoms with Crippen LogP contribution in [0.5, 0.6) is 11.5 Å². The molecule has 1 fully saturated rings. The molecule has 1 aromatic rings. The summed E-state index contributed by atoms with van der Waals surface area (Å²) in [6.07, 6.45) is 1.22. The second-order valence-electron chi connectivity index (χ2n) is 6.41. The molecule has 1 aliphatic rings. The highest BCUT2D eigenvalue weighted by Gasteiger charge is 2.23. The lowest BCUT2D eigenvalue weighted by atomic mass is 10.1. The molecular weight excluding hydrogens is 348 g/mol. The fraction of sp³-hybridized carbons (Fsp3) is 0.579. The summed E-state index contributed by atoms with van der Waals surface area (Å²) >= 11 is 0. The molecule has 1 unspecified atom stereocenters. The second-order valence-corrected chi connectivity index (χ2v) is 6.41. The number of likely N-dealkylation sites (tertiary alicyclic amines) is 1. The van der Waals surface area contributed by atoms with Crippen LogP contribution in [0.25, 0.3) is 0 Å². The van der Waals surface area contributed by atoms with E-state index in [4.69, 9.17) is 19.9 Å². The van der Waals surface area contributed by atoms with Gasteiger partial charge in [-0.3, -0.25) is 0 Å². The molecule has 150 valence electrons. The zero-order chi connectivity index (χ0) is 19.6. The molecular formula is C19H30N4O4. The summed E-state index contributed by atoms with van der Waals surface area (Å²) in [5.74, 6) is 1.76. The summed E-state index contributed by atoms with van der Waals surface area (Å²) in [7, 11) is 1.61. The van der Waals surface area contributed by atoms with Crippen LogP contribution in [-0.2, 0) is 4.74 Å². The number of hydrogen-bond donors (Lipinski definition) is 2. The fourth-order valence-corrected chi connectivity index (χ4v) is 2.87. The van der Waals surface area contributed by atoms with E-state index in [1.807, 2.05) is 38.1 Å². The van der Waals surface area contributed by atoms with Gasteiger partial charge in [-0.1, -0.05) is 12.1 Å². The second kappa shape index (κ2) is 10.5. The molecule has 1 atom stereocenters. The SMILES string of the molecule is CCOC(=O)N1CCC(NC(N)=NCC(C)Oc2ccccc2OC)CC1. The van der Waals surface area contributed by atoms with Gasteiger partial charge in [0, 0.05) is 19.1 Å². The van der Waals surface area contributed by atoms with Gasteiger partial charge in [-0.05, 0) is 38.8 Å². The number of rotatable bonds is 7. The molecule has 0 aliphatic carbocycles. The molecule has 1 aliphatic heterocycles. The minimum Gasteiger partial charge on any atom is -0.493 e. The first kappa shape index (κ1) is 20.7. The number of carbonyl (C=O) groups is 1. The molecule has 3 N–H and O–H groups in total. The van der Waals surface area contributed by atoms with Gasteiger partial charge in [0.15, 0.2) is 17.5 Å². The third-order valence-electron chi connectivity index (χ3n) is 4.29. The molecule has 1 saturated heterocycles. The van der Waals surface area contributed by atoms with E-state index in [0.717, 1.165) is 12.8 Å². The van der Waals surface area contributed by atoms with E-state index in [1.54, 1.807) is 12.0 Å². The lowest BCUT2D eigenvalue weighted by Gasteiger charge is -2.31. The number of nitrogens with two attached hydrogens (primary N) is 1. The van der Waals surface area contributed by atoms with Gasteiger partial charge in [0.1, 0.15) is 6.10 Å². The Bertz CT molecular complexity index is 630. The number of nitrogens with one attached hydrogen (secondary N) is 1. The predicted octanol–water partition coefficient (Wildman–Crippen LogP) is 1.99. The Morgan fingerprint density at radius 1 is 1.33 bits per heavy atom. The zero-order valence-corrected chi connectivity index (χ0v) is 16.3. The Morgan fingerprint density at radius 2 is 2.00 bits per heavy atom. The van der Waals surface area contributed by atoms with Crippen molar-refractivity contribution in [1.29, 1.82) is 0 Å². The van der Waals surface area contributed by atoms with Crippen molar-refractivity contribution in [2.45, 2.75) is 38.8 Å². The minimum atomic E-state index is -0.250. The topological polar surface area (TPSA) is 98.4 Å². The number of carbonyl (C=O) groups excluding carboxylic acids is 1. The van der Waals surface area contributed by atoms with Gasteiger partial charge in [0.2, 0.25) is 0 Å². The number of piperidine rings is 1. The van der Waals surface area contributed by atoms with Gasteiger partial charge < -0.3 is 30.2 Å². The van der Waals surface area contributed by atoms with Crippen molar-refractivity contribution in [1.82, 2.24) is 10.2 Å². The van der Waals surface area contributed by atoms with Crippen LogP contribution >= 0.6 is 0 Å². The molecule has 1 amide bonds. The van der Waals surface area contributed by atoms with Crippen LogP contribution in [0.4, 0.5) is 4.79 Å². The van der Waals surface area contributed by atoms with Crippen LogP contribution in [-0.4, -0.2) is 62.4 Å². The van der Waals surface area contributed by atoms with Crippen LogP contribution in [0.3, 0.4) is 0 Å². The van der Waals surface area contributed by atoms with E-state index in [2.05, 4.69) is 10.3 Å². The summed E-state index contributed by atoms with van der Waals surface area (Å²) < 4.78 is 16.2. The van der Waals surface area contributed by atoms with Gasteiger partial charge in [-0.25, -0.2) is 9.79 Å². The molecule has 0 spiro atoms. The average molecular weight is 378 g/mol. The van der Waals surface area contributed by atoms with Crippen molar-refractivity contribution in [2.75, 3.05) is 33.4 Å². The number of amides is 1. The normalized spacial score (nSPS) is 16.6. The quantitative estimate of drug-likeness (QED) is 0.556. The third kappa shape index (κ3) is 6.54. The number of aliphatic imine (C=N–C) groups is 1. The summed E-state index contributed by atoms with van der Waals surface area (Å²) in [5.41, 5.74) is 6.00. The molecule has 0 bridgehead atoms. The number of nitrogens with zero attached hydrogens (tertiary/aromatic N) is 2. The van der Waals surface area contributed by atoms with Crippen LogP contribution < -0.4 is 20.5 Å². The number of benzene rings is 1. The van der Waals surface area contributed by atoms with E-state index < -0.39 is 0 Å². The van der Waals surface area contributed by atoms with E-state index >= 15 is 0 Å². The van der Waals surface area contributed by atoms with Crippen LogP contribution in [0.1, 0.15) is 26.7 Å². The maximum Gasteiger partial charge on any atom is 0.409 e. The highest BCUT2D eigenvalue weighted by molar-refractivity contribution is 5.78. The molecule has 27 heavy (non-hydrogen) atoms. The highest BCUT2D eigenvalue weighted by Crippen LogP contribution is 2.26. The van der Waals surface area contributed by atoms with E-state index in [9.17, 15) is 4.79 Å². The Morgan fingerprint density at radius 3 is 2.63 bits per heavy atom. The first-order valence-corrected chi connectivity index (χ1v) is 9.31. The first-order chi connectivity index (χ1) is 13.0. The Labute approximate surface area is 160 Å². The van der Waals surface area contributed by atoms with Gasteiger partial charge in [0.05, 0.1) is 20.3 Å². The summed E-state index contributed by atoms with van der Waals surface area (Å²) in [6, 6.07) is 7.70.